The van der Waals surface area contributed by atoms with Gasteiger partial charge >= 0.3 is 0 Å². The van der Waals surface area contributed by atoms with Gasteiger partial charge in [-0.05, 0) is 49.8 Å². The lowest BCUT2D eigenvalue weighted by atomic mass is 10.0. The second-order valence-corrected chi connectivity index (χ2v) is 9.96. The van der Waals surface area contributed by atoms with Crippen LogP contribution in [0.2, 0.25) is 0 Å². The first-order chi connectivity index (χ1) is 14.2. The van der Waals surface area contributed by atoms with Gasteiger partial charge in [0.2, 0.25) is 0 Å². The van der Waals surface area contributed by atoms with E-state index in [9.17, 15) is 10.1 Å². The normalized spacial score (nSPS) is 17.7. The van der Waals surface area contributed by atoms with Crippen molar-refractivity contribution in [2.75, 3.05) is 4.31 Å². The highest BCUT2D eigenvalue weighted by molar-refractivity contribution is 8.88. The van der Waals surface area contributed by atoms with E-state index < -0.39 is 0 Å². The molecule has 1 unspecified atom stereocenters. The highest BCUT2D eigenvalue weighted by Gasteiger charge is 2.30. The zero-order chi connectivity index (χ0) is 19.8. The van der Waals surface area contributed by atoms with Crippen molar-refractivity contribution in [3.05, 3.63) is 118 Å². The first-order valence-electron chi connectivity index (χ1n) is 9.09. The van der Waals surface area contributed by atoms with Crippen LogP contribution in [-0.2, 0) is 0 Å². The van der Waals surface area contributed by atoms with Gasteiger partial charge in [0.05, 0.1) is 10.6 Å². The molecule has 0 saturated carbocycles. The molecule has 0 amide bonds. The van der Waals surface area contributed by atoms with Crippen LogP contribution >= 0.6 is 20.5 Å². The van der Waals surface area contributed by atoms with E-state index in [2.05, 4.69) is 53.0 Å². The van der Waals surface area contributed by atoms with Crippen molar-refractivity contribution in [1.82, 2.24) is 0 Å². The van der Waals surface area contributed by atoms with Crippen LogP contribution in [0, 0.1) is 10.1 Å². The van der Waals surface area contributed by atoms with Crippen LogP contribution in [0.4, 0.5) is 11.4 Å². The third kappa shape index (κ3) is 3.30. The molecule has 3 aromatic rings. The Morgan fingerprint density at radius 1 is 0.828 bits per heavy atom. The number of hydrogen-bond donors (Lipinski definition) is 0. The largest absolute Gasteiger partial charge is 0.288 e. The standard InChI is InChI=1S/C23H16N2O2S2/c26-25(27)20-13-11-19(12-14-20)24-16-21(17-7-3-1-4-8-17)23-15-22(28-29(23)24)18-9-5-2-6-10-18/h1-16H. The van der Waals surface area contributed by atoms with Crippen molar-refractivity contribution in [2.45, 2.75) is 0 Å². The van der Waals surface area contributed by atoms with E-state index in [-0.39, 0.29) is 20.3 Å². The van der Waals surface area contributed by atoms with Gasteiger partial charge < -0.3 is 0 Å². The third-order valence-electron chi connectivity index (χ3n) is 4.77. The van der Waals surface area contributed by atoms with E-state index in [1.165, 1.54) is 26.5 Å². The number of nitrogens with zero attached hydrogens (tertiary/aromatic N) is 2. The molecule has 3 aromatic carbocycles. The zero-order valence-corrected chi connectivity index (χ0v) is 16.9. The summed E-state index contributed by atoms with van der Waals surface area (Å²) in [6.45, 7) is 0. The molecule has 0 spiro atoms. The molecule has 2 aliphatic heterocycles. The number of nitro groups is 1. The smallest absolute Gasteiger partial charge is 0.269 e. The molecule has 0 saturated heterocycles. The Bertz CT molecular complexity index is 1180. The molecule has 0 aromatic heterocycles. The lowest BCUT2D eigenvalue weighted by molar-refractivity contribution is -0.384. The summed E-state index contributed by atoms with van der Waals surface area (Å²) in [4.78, 5) is 13.2. The van der Waals surface area contributed by atoms with E-state index in [0.717, 1.165) is 5.69 Å². The molecule has 2 heterocycles. The quantitative estimate of drug-likeness (QED) is 0.210. The maximum Gasteiger partial charge on any atom is 0.269 e. The Hall–Kier alpha value is -3.09. The molecular formula is C23H16N2O2S2. The minimum Gasteiger partial charge on any atom is -0.288 e. The van der Waals surface area contributed by atoms with Crippen LogP contribution in [0.1, 0.15) is 11.1 Å². The number of allylic oxidation sites excluding steroid dienone is 2. The van der Waals surface area contributed by atoms with E-state index in [0.29, 0.717) is 0 Å². The predicted molar refractivity (Wildman–Crippen MR) is 125 cm³/mol. The molecule has 0 bridgehead atoms. The minimum absolute atomic E-state index is 0.106. The fraction of sp³-hybridized carbons (Fsp3) is 0. The molecule has 142 valence electrons. The van der Waals surface area contributed by atoms with Gasteiger partial charge in [0.25, 0.3) is 5.69 Å². The second kappa shape index (κ2) is 7.39. The molecular weight excluding hydrogens is 400 g/mol. The molecule has 0 N–H and O–H groups in total. The number of non-ortho nitro benzene ring substituents is 1. The molecule has 0 aliphatic carbocycles. The lowest BCUT2D eigenvalue weighted by Crippen LogP contribution is -2.03. The summed E-state index contributed by atoms with van der Waals surface area (Å²) in [7, 11) is 1.61. The molecule has 4 nitrogen and oxygen atoms in total. The Balaban J connectivity index is 1.57. The molecule has 5 rings (SSSR count). The summed E-state index contributed by atoms with van der Waals surface area (Å²) in [6.07, 6.45) is 4.45. The van der Waals surface area contributed by atoms with Crippen molar-refractivity contribution in [2.24, 2.45) is 0 Å². The average Bonchev–Trinajstić information content (AvgIpc) is 3.35. The third-order valence-corrected chi connectivity index (χ3v) is 8.88. The van der Waals surface area contributed by atoms with Gasteiger partial charge in [-0.15, -0.1) is 0 Å². The number of rotatable bonds is 4. The molecule has 0 radical (unpaired) electrons. The van der Waals surface area contributed by atoms with Gasteiger partial charge in [0.15, 0.2) is 0 Å². The van der Waals surface area contributed by atoms with Gasteiger partial charge in [-0.2, -0.15) is 0 Å². The summed E-state index contributed by atoms with van der Waals surface area (Å²) in [5.74, 6) is 0. The molecule has 2 aliphatic rings. The highest BCUT2D eigenvalue weighted by atomic mass is 33.1. The van der Waals surface area contributed by atoms with Crippen LogP contribution < -0.4 is 4.31 Å². The van der Waals surface area contributed by atoms with Crippen LogP contribution in [-0.4, -0.2) is 9.79 Å². The number of nitro benzene ring substituents is 1. The van der Waals surface area contributed by atoms with E-state index in [1.54, 1.807) is 12.1 Å². The number of hydrogen-bond acceptors (Lipinski definition) is 4. The zero-order valence-electron chi connectivity index (χ0n) is 15.3. The summed E-state index contributed by atoms with van der Waals surface area (Å²) >= 11 is 0. The lowest BCUT2D eigenvalue weighted by Gasteiger charge is -2.20. The van der Waals surface area contributed by atoms with Gasteiger partial charge in [-0.3, -0.25) is 14.4 Å². The maximum absolute atomic E-state index is 11.0. The maximum atomic E-state index is 11.0. The van der Waals surface area contributed by atoms with Crippen molar-refractivity contribution < 1.29 is 4.92 Å². The van der Waals surface area contributed by atoms with Crippen LogP contribution in [0.15, 0.2) is 97.2 Å². The Morgan fingerprint density at radius 3 is 2.07 bits per heavy atom. The Kier molecular flexibility index (Phi) is 4.58. The molecule has 29 heavy (non-hydrogen) atoms. The van der Waals surface area contributed by atoms with E-state index in [4.69, 9.17) is 0 Å². The van der Waals surface area contributed by atoms with Crippen molar-refractivity contribution >= 4 is 47.2 Å². The Labute approximate surface area is 174 Å². The second-order valence-electron chi connectivity index (χ2n) is 6.58. The SMILES string of the molecule is O=[N+]([O-])c1ccc(N2C=C(c3ccccc3)C3=S2SC(c2ccccc2)=C3)cc1. The van der Waals surface area contributed by atoms with Gasteiger partial charge in [0, 0.05) is 33.7 Å². The predicted octanol–water partition coefficient (Wildman–Crippen LogP) is 6.52. The summed E-state index contributed by atoms with van der Waals surface area (Å²) in [6, 6.07) is 27.6. The molecule has 6 heteroatoms. The van der Waals surface area contributed by atoms with Crippen molar-refractivity contribution in [1.29, 1.82) is 0 Å². The first-order valence-corrected chi connectivity index (χ1v) is 11.6. The Morgan fingerprint density at radius 2 is 1.45 bits per heavy atom. The summed E-state index contributed by atoms with van der Waals surface area (Å²) in [5, 5.41) is 11.0. The fourth-order valence-electron chi connectivity index (χ4n) is 3.33. The minimum atomic E-state index is -0.363. The number of benzene rings is 3. The van der Waals surface area contributed by atoms with E-state index in [1.807, 2.05) is 47.2 Å². The van der Waals surface area contributed by atoms with Crippen molar-refractivity contribution in [3.63, 3.8) is 0 Å². The number of anilines is 1. The summed E-state index contributed by atoms with van der Waals surface area (Å²) < 4.78 is 2.23. The fourth-order valence-corrected chi connectivity index (χ4v) is 7.70. The van der Waals surface area contributed by atoms with Crippen molar-refractivity contribution in [3.8, 4) is 0 Å². The highest BCUT2D eigenvalue weighted by Crippen LogP contribution is 2.57. The topological polar surface area (TPSA) is 46.4 Å². The van der Waals surface area contributed by atoms with Gasteiger partial charge in [-0.25, -0.2) is 0 Å². The van der Waals surface area contributed by atoms with Crippen LogP contribution in [0.3, 0.4) is 0 Å². The van der Waals surface area contributed by atoms with Gasteiger partial charge in [-0.1, -0.05) is 60.7 Å². The summed E-state index contributed by atoms with van der Waals surface area (Å²) in [5.41, 5.74) is 4.65. The van der Waals surface area contributed by atoms with Crippen LogP contribution in [0.25, 0.3) is 10.5 Å². The molecule has 0 fully saturated rings. The first kappa shape index (κ1) is 18.0. The average molecular weight is 417 g/mol. The monoisotopic (exact) mass is 416 g/mol. The van der Waals surface area contributed by atoms with Crippen LogP contribution in [0.5, 0.6) is 0 Å². The van der Waals surface area contributed by atoms with Gasteiger partial charge in [0.1, 0.15) is 0 Å². The van der Waals surface area contributed by atoms with E-state index >= 15 is 0 Å². The molecule has 1 atom stereocenters.